The van der Waals surface area contributed by atoms with E-state index >= 15 is 0 Å². The van der Waals surface area contributed by atoms with Gasteiger partial charge in [0.2, 0.25) is 0 Å². The van der Waals surface area contributed by atoms with Gasteiger partial charge in [0.05, 0.1) is 0 Å². The van der Waals surface area contributed by atoms with Crippen molar-refractivity contribution in [3.05, 3.63) is 0 Å². The molecule has 4 saturated carbocycles. The summed E-state index contributed by atoms with van der Waals surface area (Å²) in [6, 6.07) is 0. The number of carbonyl (C=O) groups is 1. The normalized spacial score (nSPS) is 45.2. The van der Waals surface area contributed by atoms with Gasteiger partial charge in [-0.1, -0.05) is 46.5 Å². The number of rotatable bonds is 3. The van der Waals surface area contributed by atoms with Gasteiger partial charge < -0.3 is 9.90 Å². The molecule has 4 aliphatic rings. The van der Waals surface area contributed by atoms with E-state index in [4.69, 9.17) is 9.90 Å². The summed E-state index contributed by atoms with van der Waals surface area (Å²) in [6.45, 7) is 7.31. The van der Waals surface area contributed by atoms with Crippen LogP contribution in [-0.4, -0.2) is 6.47 Å². The van der Waals surface area contributed by atoms with E-state index in [1.54, 1.807) is 51.4 Å². The molecule has 3 heteroatoms. The van der Waals surface area contributed by atoms with Crippen molar-refractivity contribution in [2.75, 3.05) is 0 Å². The first-order chi connectivity index (χ1) is 12.5. The van der Waals surface area contributed by atoms with E-state index < -0.39 is 6.47 Å². The summed E-state index contributed by atoms with van der Waals surface area (Å²) in [5, 5.41) is 8.25. The molecule has 0 heterocycles. The van der Waals surface area contributed by atoms with E-state index in [-0.39, 0.29) is 29.6 Å². The number of unbranched alkanes of at least 4 members (excludes halogenated alkanes) is 1. The Morgan fingerprint density at radius 3 is 2.33 bits per heavy atom. The number of hydrogen-bond acceptors (Lipinski definition) is 2. The molecule has 4 aliphatic carbocycles. The van der Waals surface area contributed by atoms with Gasteiger partial charge in [-0.3, -0.25) is 0 Å². The van der Waals surface area contributed by atoms with Crippen molar-refractivity contribution in [3.8, 4) is 0 Å². The van der Waals surface area contributed by atoms with Crippen molar-refractivity contribution < 1.29 is 39.5 Å². The van der Waals surface area contributed by atoms with Gasteiger partial charge in [-0.2, -0.15) is 0 Å². The van der Waals surface area contributed by atoms with Crippen LogP contribution in [0.2, 0.25) is 0 Å². The fraction of sp³-hybridized carbons (Fsp3) is 0.958. The Kier molecular flexibility index (Phi) is 8.78. The maximum Gasteiger partial charge on any atom is 1.00 e. The summed E-state index contributed by atoms with van der Waals surface area (Å²) in [7, 11) is 0. The van der Waals surface area contributed by atoms with Crippen LogP contribution >= 0.6 is 0 Å². The Hall–Kier alpha value is 0.470. The first-order valence-corrected chi connectivity index (χ1v) is 11.6. The minimum Gasteiger partial charge on any atom is -0.554 e. The summed E-state index contributed by atoms with van der Waals surface area (Å²) in [4.78, 5) is 8.25. The van der Waals surface area contributed by atoms with E-state index in [0.29, 0.717) is 5.41 Å². The molecule has 0 saturated heterocycles. The molecular weight excluding hydrogens is 343 g/mol. The second-order valence-electron chi connectivity index (χ2n) is 10.5. The quantitative estimate of drug-likeness (QED) is 0.554. The molecule has 0 aromatic carbocycles. The molecule has 0 aliphatic heterocycles. The van der Waals surface area contributed by atoms with E-state index in [0.717, 1.165) is 35.0 Å². The van der Waals surface area contributed by atoms with Crippen LogP contribution in [0, 0.1) is 40.4 Å². The molecule has 7 unspecified atom stereocenters. The molecule has 0 N–H and O–H groups in total. The third kappa shape index (κ3) is 4.33. The van der Waals surface area contributed by atoms with Gasteiger partial charge >= 0.3 is 29.6 Å². The maximum atomic E-state index is 8.25. The number of hydrogen-bond donors (Lipinski definition) is 0. The monoisotopic (exact) mass is 384 g/mol. The fourth-order valence-corrected chi connectivity index (χ4v) is 8.33. The van der Waals surface area contributed by atoms with Crippen molar-refractivity contribution in [1.82, 2.24) is 0 Å². The van der Waals surface area contributed by atoms with Crippen LogP contribution in [0.4, 0.5) is 0 Å². The number of carbonyl (C=O) groups excluding carboxylic acids is 1. The van der Waals surface area contributed by atoms with Crippen LogP contribution in [0.15, 0.2) is 0 Å². The SMILES string of the molecule is CCCCC1CCC2C3CCC4CCCCC4(C)C3CCC12C.O=C[O-].[Na+]. The average molecular weight is 385 g/mol. The molecule has 0 aromatic rings. The Labute approximate surface area is 189 Å². The summed E-state index contributed by atoms with van der Waals surface area (Å²) in [6.07, 6.45) is 20.0. The zero-order chi connectivity index (χ0) is 18.8. The first-order valence-electron chi connectivity index (χ1n) is 11.6. The van der Waals surface area contributed by atoms with Crippen LogP contribution in [0.3, 0.4) is 0 Å². The minimum absolute atomic E-state index is 0. The van der Waals surface area contributed by atoms with Crippen molar-refractivity contribution in [1.29, 1.82) is 0 Å². The molecule has 4 rings (SSSR count). The minimum atomic E-state index is -0.500. The van der Waals surface area contributed by atoms with Crippen LogP contribution in [0.1, 0.15) is 104 Å². The first kappa shape index (κ1) is 23.7. The van der Waals surface area contributed by atoms with Gasteiger partial charge in [-0.25, -0.2) is 0 Å². The second kappa shape index (κ2) is 9.98. The Bertz CT molecular complexity index is 481. The molecule has 27 heavy (non-hydrogen) atoms. The van der Waals surface area contributed by atoms with E-state index in [1.807, 2.05) is 0 Å². The van der Waals surface area contributed by atoms with Crippen molar-refractivity contribution >= 4 is 6.47 Å². The second-order valence-corrected chi connectivity index (χ2v) is 10.5. The van der Waals surface area contributed by atoms with Crippen molar-refractivity contribution in [2.24, 2.45) is 40.4 Å². The predicted octanol–water partition coefficient (Wildman–Crippen LogP) is 2.60. The largest absolute Gasteiger partial charge is 1.00 e. The molecule has 0 spiro atoms. The van der Waals surface area contributed by atoms with Gasteiger partial charge in [0.25, 0.3) is 0 Å². The van der Waals surface area contributed by atoms with Crippen LogP contribution < -0.4 is 34.7 Å². The Morgan fingerprint density at radius 1 is 0.926 bits per heavy atom. The van der Waals surface area contributed by atoms with Gasteiger partial charge in [0.15, 0.2) is 0 Å². The van der Waals surface area contributed by atoms with Gasteiger partial charge in [0, 0.05) is 6.47 Å². The molecule has 0 aromatic heterocycles. The molecule has 0 radical (unpaired) electrons. The standard InChI is InChI=1S/C23H40.CH2O2.Na/c1-4-5-8-17-11-13-20-19-12-10-18-9-6-7-15-22(18,2)21(19)14-16-23(17,20)3;2-1-3;/h17-21H,4-16H2,1-3H3;1H,(H,2,3);/q;;+1/p-1. The molecule has 150 valence electrons. The average Bonchev–Trinajstić information content (AvgIpc) is 2.96. The fourth-order valence-electron chi connectivity index (χ4n) is 8.33. The molecule has 2 nitrogen and oxygen atoms in total. The third-order valence-electron chi connectivity index (χ3n) is 9.69. The third-order valence-corrected chi connectivity index (χ3v) is 9.69. The van der Waals surface area contributed by atoms with Gasteiger partial charge in [-0.15, -0.1) is 0 Å². The molecule has 0 amide bonds. The van der Waals surface area contributed by atoms with Gasteiger partial charge in [0.1, 0.15) is 0 Å². The van der Waals surface area contributed by atoms with E-state index in [9.17, 15) is 0 Å². The smallest absolute Gasteiger partial charge is 0.554 e. The van der Waals surface area contributed by atoms with Crippen LogP contribution in [-0.2, 0) is 4.79 Å². The topological polar surface area (TPSA) is 40.1 Å². The molecule has 4 fully saturated rings. The van der Waals surface area contributed by atoms with E-state index in [1.165, 1.54) is 32.1 Å². The summed E-state index contributed by atoms with van der Waals surface area (Å²) < 4.78 is 0. The molecular formula is C24H41NaO2. The van der Waals surface area contributed by atoms with Crippen molar-refractivity contribution in [3.63, 3.8) is 0 Å². The molecule has 7 atom stereocenters. The van der Waals surface area contributed by atoms with Crippen molar-refractivity contribution in [2.45, 2.75) is 104 Å². The van der Waals surface area contributed by atoms with E-state index in [2.05, 4.69) is 20.8 Å². The zero-order valence-corrected chi connectivity index (χ0v) is 20.5. The molecule has 0 bridgehead atoms. The Balaban J connectivity index is 0.000000614. The number of fused-ring (bicyclic) bond motifs is 5. The number of carboxylic acid groups (broad SMARTS) is 1. The summed E-state index contributed by atoms with van der Waals surface area (Å²) in [5.41, 5.74) is 1.44. The predicted molar refractivity (Wildman–Crippen MR) is 105 cm³/mol. The zero-order valence-electron chi connectivity index (χ0n) is 18.5. The van der Waals surface area contributed by atoms with Crippen LogP contribution in [0.25, 0.3) is 0 Å². The Morgan fingerprint density at radius 2 is 1.63 bits per heavy atom. The maximum absolute atomic E-state index is 8.25. The van der Waals surface area contributed by atoms with Gasteiger partial charge in [-0.05, 0) is 98.2 Å². The summed E-state index contributed by atoms with van der Waals surface area (Å²) in [5.74, 6) is 5.41. The summed E-state index contributed by atoms with van der Waals surface area (Å²) >= 11 is 0. The van der Waals surface area contributed by atoms with Crippen LogP contribution in [0.5, 0.6) is 0 Å².